The molecule has 2 heteroatoms. The van der Waals surface area contributed by atoms with Crippen molar-refractivity contribution in [3.8, 4) is 6.07 Å². The molecule has 0 fully saturated rings. The van der Waals surface area contributed by atoms with Gasteiger partial charge in [0.2, 0.25) is 0 Å². The van der Waals surface area contributed by atoms with Crippen molar-refractivity contribution in [3.05, 3.63) is 70.2 Å². The second-order valence-corrected chi connectivity index (χ2v) is 4.74. The molecule has 0 aliphatic rings. The largest absolute Gasteiger partial charge is 0.198 e. The van der Waals surface area contributed by atoms with Crippen molar-refractivity contribution >= 4 is 15.9 Å². The van der Waals surface area contributed by atoms with Crippen LogP contribution in [0.2, 0.25) is 0 Å². The highest BCUT2D eigenvalue weighted by atomic mass is 79.9. The molecule has 2 rings (SSSR count). The highest BCUT2D eigenvalue weighted by Gasteiger charge is 2.12. The predicted octanol–water partition coefficient (Wildman–Crippen LogP) is 4.30. The third-order valence-electron chi connectivity index (χ3n) is 2.74. The lowest BCUT2D eigenvalue weighted by atomic mass is 9.93. The van der Waals surface area contributed by atoms with E-state index >= 15 is 0 Å². The van der Waals surface area contributed by atoms with Crippen LogP contribution in [0.3, 0.4) is 0 Å². The molecule has 0 saturated carbocycles. The summed E-state index contributed by atoms with van der Waals surface area (Å²) < 4.78 is 1.07. The first-order valence-corrected chi connectivity index (χ1v) is 6.28. The predicted molar refractivity (Wildman–Crippen MR) is 72.6 cm³/mol. The molecule has 0 aliphatic carbocycles. The number of hydrogen-bond donors (Lipinski definition) is 0. The highest BCUT2D eigenvalue weighted by molar-refractivity contribution is 9.10. The van der Waals surface area contributed by atoms with E-state index in [0.717, 1.165) is 16.5 Å². The molecule has 2 aromatic rings. The minimum Gasteiger partial charge on any atom is -0.198 e. The Bertz CT molecular complexity index is 528. The van der Waals surface area contributed by atoms with E-state index in [-0.39, 0.29) is 5.92 Å². The monoisotopic (exact) mass is 285 g/mol. The van der Waals surface area contributed by atoms with Gasteiger partial charge in [0.1, 0.15) is 0 Å². The molecule has 0 amide bonds. The molecule has 1 nitrogen and oxygen atoms in total. The Labute approximate surface area is 110 Å². The summed E-state index contributed by atoms with van der Waals surface area (Å²) in [6.07, 6.45) is 0.738. The van der Waals surface area contributed by atoms with Gasteiger partial charge < -0.3 is 0 Å². The number of nitriles is 1. The van der Waals surface area contributed by atoms with Crippen molar-refractivity contribution in [2.24, 2.45) is 0 Å². The summed E-state index contributed by atoms with van der Waals surface area (Å²) in [5, 5.41) is 9.27. The van der Waals surface area contributed by atoms with Gasteiger partial charge in [0, 0.05) is 4.47 Å². The molecule has 0 radical (unpaired) electrons. The molecule has 0 heterocycles. The van der Waals surface area contributed by atoms with Crippen molar-refractivity contribution in [1.82, 2.24) is 0 Å². The maximum Gasteiger partial charge on any atom is 0.0753 e. The van der Waals surface area contributed by atoms with Gasteiger partial charge in [0.25, 0.3) is 0 Å². The van der Waals surface area contributed by atoms with Gasteiger partial charge in [-0.05, 0) is 23.6 Å². The van der Waals surface area contributed by atoms with Crippen LogP contribution in [0, 0.1) is 11.3 Å². The SMILES string of the molecule is N#CC(Cc1ccccc1Br)c1ccccc1. The Morgan fingerprint density at radius 1 is 1.00 bits per heavy atom. The van der Waals surface area contributed by atoms with Crippen molar-refractivity contribution in [2.45, 2.75) is 12.3 Å². The maximum absolute atomic E-state index is 9.27. The second kappa shape index (κ2) is 5.65. The van der Waals surface area contributed by atoms with Crippen LogP contribution in [0.4, 0.5) is 0 Å². The molecule has 0 N–H and O–H groups in total. The fourth-order valence-corrected chi connectivity index (χ4v) is 2.25. The fourth-order valence-electron chi connectivity index (χ4n) is 1.81. The van der Waals surface area contributed by atoms with Gasteiger partial charge in [0.05, 0.1) is 12.0 Å². The molecule has 0 spiro atoms. The van der Waals surface area contributed by atoms with Gasteiger partial charge in [-0.3, -0.25) is 0 Å². The zero-order valence-corrected chi connectivity index (χ0v) is 10.9. The average molecular weight is 286 g/mol. The fraction of sp³-hybridized carbons (Fsp3) is 0.133. The zero-order chi connectivity index (χ0) is 12.1. The Balaban J connectivity index is 2.23. The van der Waals surface area contributed by atoms with E-state index in [0.29, 0.717) is 0 Å². The third kappa shape index (κ3) is 2.95. The minimum absolute atomic E-state index is 0.0881. The first-order chi connectivity index (χ1) is 8.31. The van der Waals surface area contributed by atoms with Crippen LogP contribution in [0.25, 0.3) is 0 Å². The number of halogens is 1. The molecular formula is C15H12BrN. The quantitative estimate of drug-likeness (QED) is 0.825. The molecular weight excluding hydrogens is 274 g/mol. The van der Waals surface area contributed by atoms with E-state index in [4.69, 9.17) is 0 Å². The van der Waals surface area contributed by atoms with Gasteiger partial charge in [0.15, 0.2) is 0 Å². The van der Waals surface area contributed by atoms with Gasteiger partial charge in [-0.1, -0.05) is 64.5 Å². The highest BCUT2D eigenvalue weighted by Crippen LogP contribution is 2.24. The van der Waals surface area contributed by atoms with Gasteiger partial charge in [-0.15, -0.1) is 0 Å². The van der Waals surface area contributed by atoms with E-state index in [1.807, 2.05) is 48.5 Å². The molecule has 0 saturated heterocycles. The van der Waals surface area contributed by atoms with E-state index in [2.05, 4.69) is 28.1 Å². The zero-order valence-electron chi connectivity index (χ0n) is 9.31. The van der Waals surface area contributed by atoms with Crippen molar-refractivity contribution in [1.29, 1.82) is 5.26 Å². The number of nitrogens with zero attached hydrogens (tertiary/aromatic N) is 1. The third-order valence-corrected chi connectivity index (χ3v) is 3.51. The Hall–Kier alpha value is -1.59. The lowest BCUT2D eigenvalue weighted by Crippen LogP contribution is -2.00. The molecule has 84 valence electrons. The Morgan fingerprint density at radius 2 is 1.65 bits per heavy atom. The van der Waals surface area contributed by atoms with E-state index in [1.54, 1.807) is 0 Å². The van der Waals surface area contributed by atoms with Crippen molar-refractivity contribution in [3.63, 3.8) is 0 Å². The van der Waals surface area contributed by atoms with Gasteiger partial charge in [-0.2, -0.15) is 5.26 Å². The molecule has 1 atom stereocenters. The summed E-state index contributed by atoms with van der Waals surface area (Å²) in [6.45, 7) is 0. The van der Waals surface area contributed by atoms with Crippen molar-refractivity contribution < 1.29 is 0 Å². The number of hydrogen-bond acceptors (Lipinski definition) is 1. The number of benzene rings is 2. The average Bonchev–Trinajstić information content (AvgIpc) is 2.39. The lowest BCUT2D eigenvalue weighted by Gasteiger charge is -2.10. The topological polar surface area (TPSA) is 23.8 Å². The van der Waals surface area contributed by atoms with E-state index in [1.165, 1.54) is 5.56 Å². The molecule has 0 aromatic heterocycles. The van der Waals surface area contributed by atoms with Gasteiger partial charge >= 0.3 is 0 Å². The van der Waals surface area contributed by atoms with Crippen molar-refractivity contribution in [2.75, 3.05) is 0 Å². The first kappa shape index (κ1) is 11.9. The van der Waals surface area contributed by atoms with Crippen LogP contribution in [0.15, 0.2) is 59.1 Å². The second-order valence-electron chi connectivity index (χ2n) is 3.89. The molecule has 0 aliphatic heterocycles. The first-order valence-electron chi connectivity index (χ1n) is 5.49. The smallest absolute Gasteiger partial charge is 0.0753 e. The van der Waals surface area contributed by atoms with Crippen LogP contribution in [-0.2, 0) is 6.42 Å². The normalized spacial score (nSPS) is 11.8. The maximum atomic E-state index is 9.27. The number of rotatable bonds is 3. The van der Waals surface area contributed by atoms with E-state index < -0.39 is 0 Å². The molecule has 2 aromatic carbocycles. The van der Waals surface area contributed by atoms with Crippen LogP contribution < -0.4 is 0 Å². The summed E-state index contributed by atoms with van der Waals surface area (Å²) in [6, 6.07) is 20.3. The summed E-state index contributed by atoms with van der Waals surface area (Å²) in [5.74, 6) is -0.0881. The summed E-state index contributed by atoms with van der Waals surface area (Å²) >= 11 is 3.52. The lowest BCUT2D eigenvalue weighted by molar-refractivity contribution is 0.846. The van der Waals surface area contributed by atoms with Crippen LogP contribution in [0.5, 0.6) is 0 Å². The molecule has 1 unspecified atom stereocenters. The minimum atomic E-state index is -0.0881. The van der Waals surface area contributed by atoms with Crippen LogP contribution in [0.1, 0.15) is 17.0 Å². The standard InChI is InChI=1S/C15H12BrN/c16-15-9-5-4-8-13(15)10-14(11-17)12-6-2-1-3-7-12/h1-9,14H,10H2. The van der Waals surface area contributed by atoms with Gasteiger partial charge in [-0.25, -0.2) is 0 Å². The Morgan fingerprint density at radius 3 is 2.29 bits per heavy atom. The van der Waals surface area contributed by atoms with E-state index in [9.17, 15) is 5.26 Å². The molecule has 17 heavy (non-hydrogen) atoms. The van der Waals surface area contributed by atoms with Crippen LogP contribution in [-0.4, -0.2) is 0 Å². The summed E-state index contributed by atoms with van der Waals surface area (Å²) in [4.78, 5) is 0. The Kier molecular flexibility index (Phi) is 3.95. The molecule has 0 bridgehead atoms. The summed E-state index contributed by atoms with van der Waals surface area (Å²) in [7, 11) is 0. The summed E-state index contributed by atoms with van der Waals surface area (Å²) in [5.41, 5.74) is 2.24. The van der Waals surface area contributed by atoms with Crippen LogP contribution >= 0.6 is 15.9 Å².